The third-order valence-electron chi connectivity index (χ3n) is 3.21. The molecule has 1 fully saturated rings. The van der Waals surface area contributed by atoms with E-state index in [2.05, 4.69) is 22.0 Å². The number of hydrogen-bond acceptors (Lipinski definition) is 4. The molecule has 0 aromatic carbocycles. The lowest BCUT2D eigenvalue weighted by Gasteiger charge is -2.34. The van der Waals surface area contributed by atoms with Gasteiger partial charge in [-0.05, 0) is 32.0 Å². The van der Waals surface area contributed by atoms with E-state index in [-0.39, 0.29) is 11.2 Å². The van der Waals surface area contributed by atoms with E-state index in [0.29, 0.717) is 6.04 Å². The van der Waals surface area contributed by atoms with Crippen molar-refractivity contribution in [2.75, 3.05) is 18.8 Å². The van der Waals surface area contributed by atoms with Gasteiger partial charge in [0.25, 0.3) is 5.56 Å². The first-order valence-electron chi connectivity index (χ1n) is 5.81. The summed E-state index contributed by atoms with van der Waals surface area (Å²) >= 11 is 0. The fourth-order valence-electron chi connectivity index (χ4n) is 2.31. The number of nitrogens with one attached hydrogen (secondary N) is 1. The Morgan fingerprint density at radius 1 is 1.62 bits per heavy atom. The second-order valence-electron chi connectivity index (χ2n) is 4.22. The van der Waals surface area contributed by atoms with Crippen molar-refractivity contribution >= 4 is 5.69 Å². The summed E-state index contributed by atoms with van der Waals surface area (Å²) in [7, 11) is 0. The van der Waals surface area contributed by atoms with E-state index in [9.17, 15) is 4.79 Å². The third kappa shape index (κ3) is 2.09. The summed E-state index contributed by atoms with van der Waals surface area (Å²) in [6.07, 6.45) is 3.54. The second kappa shape index (κ2) is 4.65. The van der Waals surface area contributed by atoms with Crippen LogP contribution in [0.3, 0.4) is 0 Å². The summed E-state index contributed by atoms with van der Waals surface area (Å²) < 4.78 is 0. The quantitative estimate of drug-likeness (QED) is 0.779. The highest BCUT2D eigenvalue weighted by Crippen LogP contribution is 2.29. The number of aromatic amines is 1. The highest BCUT2D eigenvalue weighted by atomic mass is 16.1. The van der Waals surface area contributed by atoms with E-state index in [1.165, 1.54) is 12.8 Å². The summed E-state index contributed by atoms with van der Waals surface area (Å²) in [5.41, 5.74) is 6.45. The number of nitrogens with zero attached hydrogens (tertiary/aromatic N) is 2. The molecule has 0 radical (unpaired) electrons. The van der Waals surface area contributed by atoms with Crippen LogP contribution in [0.15, 0.2) is 10.9 Å². The van der Waals surface area contributed by atoms with E-state index in [0.717, 1.165) is 25.2 Å². The number of piperidine rings is 1. The van der Waals surface area contributed by atoms with Gasteiger partial charge in [-0.25, -0.2) is 5.10 Å². The van der Waals surface area contributed by atoms with Crippen LogP contribution in [0.1, 0.15) is 37.9 Å². The van der Waals surface area contributed by atoms with Crippen molar-refractivity contribution in [3.05, 3.63) is 22.1 Å². The minimum absolute atomic E-state index is 0.256. The first kappa shape index (κ1) is 11.1. The summed E-state index contributed by atoms with van der Waals surface area (Å²) in [6, 6.07) is 2.01. The van der Waals surface area contributed by atoms with Gasteiger partial charge in [0.15, 0.2) is 0 Å². The number of likely N-dealkylation sites (tertiary alicyclic amines) is 1. The lowest BCUT2D eigenvalue weighted by atomic mass is 9.99. The molecule has 0 bridgehead atoms. The Bertz CT molecular complexity index is 415. The zero-order valence-electron chi connectivity index (χ0n) is 9.57. The number of aromatic nitrogens is 2. The zero-order valence-corrected chi connectivity index (χ0v) is 9.57. The molecule has 0 spiro atoms. The van der Waals surface area contributed by atoms with Crippen molar-refractivity contribution in [3.8, 4) is 0 Å². The van der Waals surface area contributed by atoms with Gasteiger partial charge in [0.05, 0.1) is 11.7 Å². The normalized spacial score (nSPS) is 22.2. The van der Waals surface area contributed by atoms with Gasteiger partial charge in [-0.15, -0.1) is 0 Å². The highest BCUT2D eigenvalue weighted by molar-refractivity contribution is 5.35. The van der Waals surface area contributed by atoms with Gasteiger partial charge in [-0.3, -0.25) is 9.69 Å². The molecule has 16 heavy (non-hydrogen) atoms. The van der Waals surface area contributed by atoms with Gasteiger partial charge in [0.1, 0.15) is 5.69 Å². The predicted molar refractivity (Wildman–Crippen MR) is 63.1 cm³/mol. The van der Waals surface area contributed by atoms with E-state index in [1.54, 1.807) is 6.07 Å². The summed E-state index contributed by atoms with van der Waals surface area (Å²) in [5.74, 6) is 0. The van der Waals surface area contributed by atoms with Crippen LogP contribution < -0.4 is 11.3 Å². The van der Waals surface area contributed by atoms with Crippen LogP contribution in [0.4, 0.5) is 5.69 Å². The highest BCUT2D eigenvalue weighted by Gasteiger charge is 2.24. The molecule has 1 aromatic rings. The largest absolute Gasteiger partial charge is 0.394 e. The van der Waals surface area contributed by atoms with Crippen molar-refractivity contribution in [3.63, 3.8) is 0 Å². The van der Waals surface area contributed by atoms with Gasteiger partial charge in [-0.2, -0.15) is 5.10 Å². The Hall–Kier alpha value is -1.36. The van der Waals surface area contributed by atoms with Gasteiger partial charge >= 0.3 is 0 Å². The lowest BCUT2D eigenvalue weighted by molar-refractivity contribution is 0.153. The van der Waals surface area contributed by atoms with Gasteiger partial charge < -0.3 is 5.73 Å². The molecule has 0 amide bonds. The Labute approximate surface area is 94.6 Å². The Balaban J connectivity index is 2.27. The summed E-state index contributed by atoms with van der Waals surface area (Å²) in [5, 5.41) is 6.55. The Morgan fingerprint density at radius 3 is 3.12 bits per heavy atom. The molecule has 0 aliphatic carbocycles. The Morgan fingerprint density at radius 2 is 2.44 bits per heavy atom. The van der Waals surface area contributed by atoms with Crippen LogP contribution in [0.2, 0.25) is 0 Å². The van der Waals surface area contributed by atoms with Crippen molar-refractivity contribution in [2.45, 2.75) is 32.2 Å². The molecule has 0 saturated carbocycles. The maximum Gasteiger partial charge on any atom is 0.287 e. The topological polar surface area (TPSA) is 75.0 Å². The van der Waals surface area contributed by atoms with E-state index < -0.39 is 0 Å². The van der Waals surface area contributed by atoms with E-state index in [4.69, 9.17) is 5.73 Å². The van der Waals surface area contributed by atoms with E-state index in [1.807, 2.05) is 0 Å². The number of anilines is 1. The van der Waals surface area contributed by atoms with Crippen molar-refractivity contribution in [2.24, 2.45) is 0 Å². The number of rotatable bonds is 2. The molecule has 5 heteroatoms. The first-order valence-corrected chi connectivity index (χ1v) is 5.81. The number of nitrogens with two attached hydrogens (primary N) is 1. The molecule has 1 aliphatic heterocycles. The molecule has 2 heterocycles. The molecule has 1 atom stereocenters. The lowest BCUT2D eigenvalue weighted by Crippen LogP contribution is -2.34. The smallest absolute Gasteiger partial charge is 0.287 e. The van der Waals surface area contributed by atoms with Crippen LogP contribution in [0.5, 0.6) is 0 Å². The SMILES string of the molecule is CCN1CCCCC1c1cc(N)c(=O)[nH]n1. The average molecular weight is 222 g/mol. The summed E-state index contributed by atoms with van der Waals surface area (Å²) in [4.78, 5) is 13.5. The molecule has 1 unspecified atom stereocenters. The van der Waals surface area contributed by atoms with Crippen LogP contribution in [0, 0.1) is 0 Å². The minimum Gasteiger partial charge on any atom is -0.394 e. The fourth-order valence-corrected chi connectivity index (χ4v) is 2.31. The first-order chi connectivity index (χ1) is 7.72. The van der Waals surface area contributed by atoms with Crippen molar-refractivity contribution in [1.29, 1.82) is 0 Å². The van der Waals surface area contributed by atoms with Crippen molar-refractivity contribution in [1.82, 2.24) is 15.1 Å². The number of hydrogen-bond donors (Lipinski definition) is 2. The average Bonchev–Trinajstić information content (AvgIpc) is 2.32. The third-order valence-corrected chi connectivity index (χ3v) is 3.21. The van der Waals surface area contributed by atoms with Gasteiger partial charge in [0, 0.05) is 0 Å². The van der Waals surface area contributed by atoms with Crippen LogP contribution >= 0.6 is 0 Å². The number of nitrogen functional groups attached to an aromatic ring is 1. The summed E-state index contributed by atoms with van der Waals surface area (Å²) in [6.45, 7) is 4.25. The molecule has 5 nitrogen and oxygen atoms in total. The molecule has 1 aliphatic rings. The molecule has 3 N–H and O–H groups in total. The van der Waals surface area contributed by atoms with Crippen molar-refractivity contribution < 1.29 is 0 Å². The van der Waals surface area contributed by atoms with Crippen LogP contribution in [-0.2, 0) is 0 Å². The predicted octanol–water partition coefficient (Wildman–Crippen LogP) is 0.899. The maximum atomic E-state index is 11.1. The molecule has 88 valence electrons. The van der Waals surface area contributed by atoms with Crippen LogP contribution in [-0.4, -0.2) is 28.2 Å². The van der Waals surface area contributed by atoms with Gasteiger partial charge in [-0.1, -0.05) is 13.3 Å². The monoisotopic (exact) mass is 222 g/mol. The van der Waals surface area contributed by atoms with Crippen LogP contribution in [0.25, 0.3) is 0 Å². The van der Waals surface area contributed by atoms with Gasteiger partial charge in [0.2, 0.25) is 0 Å². The number of H-pyrrole nitrogens is 1. The standard InChI is InChI=1S/C11H18N4O/c1-2-15-6-4-3-5-10(15)9-7-8(12)11(16)14-13-9/h7,10H,2-6H2,1H3,(H2,12,13)(H,14,16). The fraction of sp³-hybridized carbons (Fsp3) is 0.636. The molecule has 1 aromatic heterocycles. The minimum atomic E-state index is -0.303. The Kier molecular flexibility index (Phi) is 3.24. The second-order valence-corrected chi connectivity index (χ2v) is 4.22. The molecular formula is C11H18N4O. The molecular weight excluding hydrogens is 204 g/mol. The molecule has 1 saturated heterocycles. The maximum absolute atomic E-state index is 11.1. The van der Waals surface area contributed by atoms with E-state index >= 15 is 0 Å². The zero-order chi connectivity index (χ0) is 11.5. The molecule has 2 rings (SSSR count).